The lowest BCUT2D eigenvalue weighted by Crippen LogP contribution is -1.94. The van der Waals surface area contributed by atoms with Gasteiger partial charge in [0.15, 0.2) is 0 Å². The van der Waals surface area contributed by atoms with Gasteiger partial charge in [0.1, 0.15) is 5.82 Å². The average molecular weight is 305 g/mol. The van der Waals surface area contributed by atoms with E-state index in [9.17, 15) is 0 Å². The van der Waals surface area contributed by atoms with E-state index in [1.54, 1.807) is 6.07 Å². The van der Waals surface area contributed by atoms with Gasteiger partial charge in [-0.3, -0.25) is 0 Å². The molecule has 0 atom stereocenters. The molecule has 2 aromatic carbocycles. The summed E-state index contributed by atoms with van der Waals surface area (Å²) in [5.41, 5.74) is 4.10. The quantitative estimate of drug-likeness (QED) is 0.643. The second kappa shape index (κ2) is 5.12. The van der Waals surface area contributed by atoms with Crippen LogP contribution in [-0.2, 0) is 13.5 Å². The van der Waals surface area contributed by atoms with Crippen LogP contribution in [-0.4, -0.2) is 9.55 Å². The number of hydrogen-bond acceptors (Lipinski definition) is 1. The van der Waals surface area contributed by atoms with Gasteiger partial charge in [0.25, 0.3) is 0 Å². The first-order valence-electron chi connectivity index (χ1n) is 6.51. The van der Waals surface area contributed by atoms with Gasteiger partial charge in [-0.2, -0.15) is 0 Å². The van der Waals surface area contributed by atoms with Crippen molar-refractivity contribution in [3.05, 3.63) is 52.3 Å². The molecule has 0 aliphatic carbocycles. The van der Waals surface area contributed by atoms with E-state index in [-0.39, 0.29) is 0 Å². The van der Waals surface area contributed by atoms with Crippen LogP contribution in [0.1, 0.15) is 12.7 Å². The Hall–Kier alpha value is -1.51. The van der Waals surface area contributed by atoms with Gasteiger partial charge in [-0.25, -0.2) is 4.98 Å². The molecule has 0 amide bonds. The van der Waals surface area contributed by atoms with Crippen molar-refractivity contribution in [2.75, 3.05) is 0 Å². The first-order chi connectivity index (χ1) is 9.61. The predicted octanol–water partition coefficient (Wildman–Crippen LogP) is 5.11. The van der Waals surface area contributed by atoms with E-state index in [4.69, 9.17) is 28.2 Å². The largest absolute Gasteiger partial charge is 0.331 e. The number of fused-ring (bicyclic) bond motifs is 1. The highest BCUT2D eigenvalue weighted by atomic mass is 35.5. The molecule has 3 rings (SSSR count). The van der Waals surface area contributed by atoms with Crippen molar-refractivity contribution in [2.45, 2.75) is 13.3 Å². The number of para-hydroxylation sites is 1. The van der Waals surface area contributed by atoms with Crippen LogP contribution in [0.2, 0.25) is 10.0 Å². The molecular formula is C16H14Cl2N2. The molecule has 0 saturated carbocycles. The fraction of sp³-hybridized carbons (Fsp3) is 0.188. The minimum atomic E-state index is 0.640. The molecule has 20 heavy (non-hydrogen) atoms. The normalized spacial score (nSPS) is 11.2. The number of hydrogen-bond donors (Lipinski definition) is 0. The molecule has 2 nitrogen and oxygen atoms in total. The molecule has 1 aromatic heterocycles. The summed E-state index contributed by atoms with van der Waals surface area (Å²) < 4.78 is 2.13. The zero-order valence-electron chi connectivity index (χ0n) is 11.3. The Bertz CT molecular complexity index is 791. The maximum Gasteiger partial charge on any atom is 0.109 e. The molecule has 0 aliphatic heterocycles. The summed E-state index contributed by atoms with van der Waals surface area (Å²) in [7, 11) is 2.04. The molecule has 0 aliphatic rings. The molecule has 0 radical (unpaired) electrons. The Balaban J connectivity index is 2.31. The van der Waals surface area contributed by atoms with Gasteiger partial charge in [0.05, 0.1) is 11.0 Å². The molecule has 4 heteroatoms. The van der Waals surface area contributed by atoms with E-state index in [0.717, 1.165) is 34.4 Å². The van der Waals surface area contributed by atoms with Gasteiger partial charge >= 0.3 is 0 Å². The fourth-order valence-electron chi connectivity index (χ4n) is 2.50. The van der Waals surface area contributed by atoms with E-state index in [2.05, 4.69) is 17.6 Å². The smallest absolute Gasteiger partial charge is 0.109 e. The molecule has 0 spiro atoms. The molecule has 102 valence electrons. The van der Waals surface area contributed by atoms with Crippen LogP contribution in [0.15, 0.2) is 36.4 Å². The Morgan fingerprint density at radius 2 is 1.90 bits per heavy atom. The monoisotopic (exact) mass is 304 g/mol. The molecular weight excluding hydrogens is 291 g/mol. The van der Waals surface area contributed by atoms with Crippen molar-refractivity contribution in [2.24, 2.45) is 7.05 Å². The second-order valence-electron chi connectivity index (χ2n) is 4.74. The Morgan fingerprint density at radius 1 is 1.10 bits per heavy atom. The maximum atomic E-state index is 6.33. The third-order valence-corrected chi connectivity index (χ3v) is 4.09. The van der Waals surface area contributed by atoms with Gasteiger partial charge in [-0.15, -0.1) is 0 Å². The third-order valence-electron chi connectivity index (χ3n) is 3.54. The van der Waals surface area contributed by atoms with Crippen LogP contribution in [0.5, 0.6) is 0 Å². The minimum Gasteiger partial charge on any atom is -0.331 e. The number of imidazole rings is 1. The lowest BCUT2D eigenvalue weighted by atomic mass is 10.0. The number of nitrogens with zero attached hydrogens (tertiary/aromatic N) is 2. The van der Waals surface area contributed by atoms with E-state index in [1.165, 1.54) is 0 Å². The zero-order valence-corrected chi connectivity index (χ0v) is 12.8. The molecule has 0 bridgehead atoms. The van der Waals surface area contributed by atoms with Crippen LogP contribution >= 0.6 is 23.2 Å². The lowest BCUT2D eigenvalue weighted by Gasteiger charge is -2.06. The number of aryl methyl sites for hydroxylation is 2. The van der Waals surface area contributed by atoms with E-state index in [0.29, 0.717) is 10.0 Å². The van der Waals surface area contributed by atoms with Crippen molar-refractivity contribution >= 4 is 34.2 Å². The molecule has 0 saturated heterocycles. The van der Waals surface area contributed by atoms with Crippen LogP contribution in [0, 0.1) is 0 Å². The first kappa shape index (κ1) is 13.5. The third kappa shape index (κ3) is 2.09. The number of aromatic nitrogens is 2. The number of rotatable bonds is 2. The topological polar surface area (TPSA) is 17.8 Å². The molecule has 0 fully saturated rings. The SMILES string of the molecule is CCc1nc2c(-c3ccc(Cl)cc3Cl)cccc2n1C. The van der Waals surface area contributed by atoms with Crippen LogP contribution < -0.4 is 0 Å². The summed E-state index contributed by atoms with van der Waals surface area (Å²) in [5, 5.41) is 1.29. The fourth-order valence-corrected chi connectivity index (χ4v) is 3.01. The van der Waals surface area contributed by atoms with Crippen LogP contribution in [0.25, 0.3) is 22.2 Å². The summed E-state index contributed by atoms with van der Waals surface area (Å²) in [6.45, 7) is 2.11. The zero-order chi connectivity index (χ0) is 14.3. The van der Waals surface area contributed by atoms with Crippen molar-refractivity contribution in [3.63, 3.8) is 0 Å². The summed E-state index contributed by atoms with van der Waals surface area (Å²) in [4.78, 5) is 4.74. The van der Waals surface area contributed by atoms with Crippen molar-refractivity contribution < 1.29 is 0 Å². The number of halogens is 2. The van der Waals surface area contributed by atoms with Crippen LogP contribution in [0.4, 0.5) is 0 Å². The highest BCUT2D eigenvalue weighted by molar-refractivity contribution is 6.36. The Kier molecular flexibility index (Phi) is 3.45. The van der Waals surface area contributed by atoms with Gasteiger partial charge in [-0.1, -0.05) is 48.3 Å². The van der Waals surface area contributed by atoms with Gasteiger partial charge in [0.2, 0.25) is 0 Å². The summed E-state index contributed by atoms with van der Waals surface area (Å²) in [6.07, 6.45) is 0.902. The van der Waals surface area contributed by atoms with Gasteiger partial charge < -0.3 is 4.57 Å². The van der Waals surface area contributed by atoms with E-state index in [1.807, 2.05) is 31.3 Å². The highest BCUT2D eigenvalue weighted by Crippen LogP contribution is 2.34. The second-order valence-corrected chi connectivity index (χ2v) is 5.58. The standard InChI is InChI=1S/C16H14Cl2N2/c1-3-15-19-16-12(5-4-6-14(16)20(15)2)11-8-7-10(17)9-13(11)18/h4-9H,3H2,1-2H3. The maximum absolute atomic E-state index is 6.33. The van der Waals surface area contributed by atoms with Crippen molar-refractivity contribution in [1.82, 2.24) is 9.55 Å². The lowest BCUT2D eigenvalue weighted by molar-refractivity contribution is 0.829. The summed E-state index contributed by atoms with van der Waals surface area (Å²) >= 11 is 12.3. The summed E-state index contributed by atoms with van der Waals surface area (Å²) in [6, 6.07) is 11.7. The van der Waals surface area contributed by atoms with Crippen molar-refractivity contribution in [1.29, 1.82) is 0 Å². The highest BCUT2D eigenvalue weighted by Gasteiger charge is 2.13. The molecule has 3 aromatic rings. The van der Waals surface area contributed by atoms with Crippen LogP contribution in [0.3, 0.4) is 0 Å². The summed E-state index contributed by atoms with van der Waals surface area (Å²) in [5.74, 6) is 1.07. The van der Waals surface area contributed by atoms with Gasteiger partial charge in [-0.05, 0) is 18.2 Å². The van der Waals surface area contributed by atoms with Crippen molar-refractivity contribution in [3.8, 4) is 11.1 Å². The Morgan fingerprint density at radius 3 is 2.60 bits per heavy atom. The van der Waals surface area contributed by atoms with Gasteiger partial charge in [0, 0.05) is 34.6 Å². The molecule has 0 N–H and O–H groups in total. The molecule has 0 unspecified atom stereocenters. The molecule has 1 heterocycles. The first-order valence-corrected chi connectivity index (χ1v) is 7.27. The van der Waals surface area contributed by atoms with E-state index >= 15 is 0 Å². The average Bonchev–Trinajstić information content (AvgIpc) is 2.76. The van der Waals surface area contributed by atoms with E-state index < -0.39 is 0 Å². The number of benzene rings is 2. The minimum absolute atomic E-state index is 0.640. The Labute approximate surface area is 128 Å². The predicted molar refractivity (Wildman–Crippen MR) is 85.5 cm³/mol.